The highest BCUT2D eigenvalue weighted by molar-refractivity contribution is 9.11. The minimum Gasteiger partial charge on any atom is -0.479 e. The molecular formula is C22H17Br2NO3S. The molecular weight excluding hydrogens is 518 g/mol. The third kappa shape index (κ3) is 5.53. The Morgan fingerprint density at radius 1 is 1.14 bits per heavy atom. The minimum absolute atomic E-state index is 0.151. The van der Waals surface area contributed by atoms with Crippen LogP contribution in [-0.2, 0) is 11.2 Å². The van der Waals surface area contributed by atoms with Crippen molar-refractivity contribution in [3.63, 3.8) is 0 Å². The lowest BCUT2D eigenvalue weighted by Gasteiger charge is -2.12. The number of ether oxygens (including phenoxy) is 1. The van der Waals surface area contributed by atoms with Crippen LogP contribution in [0.1, 0.15) is 17.5 Å². The summed E-state index contributed by atoms with van der Waals surface area (Å²) >= 11 is 7.86. The van der Waals surface area contributed by atoms with Gasteiger partial charge in [0, 0.05) is 6.54 Å². The quantitative estimate of drug-likeness (QED) is 0.328. The number of amides is 2. The lowest BCUT2D eigenvalue weighted by Crippen LogP contribution is -2.29. The number of carbonyl (C=O) groups is 2. The van der Waals surface area contributed by atoms with Gasteiger partial charge in [0.15, 0.2) is 0 Å². The van der Waals surface area contributed by atoms with E-state index < -0.39 is 0 Å². The molecule has 4 nitrogen and oxygen atoms in total. The average Bonchev–Trinajstić information content (AvgIpc) is 2.95. The molecule has 1 fully saturated rings. The summed E-state index contributed by atoms with van der Waals surface area (Å²) in [6.45, 7) is 0.557. The summed E-state index contributed by atoms with van der Waals surface area (Å²) in [4.78, 5) is 26.7. The molecule has 0 aromatic heterocycles. The zero-order valence-corrected chi connectivity index (χ0v) is 19.3. The van der Waals surface area contributed by atoms with E-state index in [9.17, 15) is 9.59 Å². The van der Waals surface area contributed by atoms with E-state index in [2.05, 4.69) is 37.8 Å². The van der Waals surface area contributed by atoms with Crippen molar-refractivity contribution in [3.05, 3.63) is 67.4 Å². The molecule has 7 heteroatoms. The second-order valence-electron chi connectivity index (χ2n) is 6.23. The van der Waals surface area contributed by atoms with Crippen LogP contribution < -0.4 is 4.74 Å². The van der Waals surface area contributed by atoms with E-state index in [1.165, 1.54) is 10.5 Å². The molecule has 0 aliphatic carbocycles. The maximum atomic E-state index is 12.7. The van der Waals surface area contributed by atoms with E-state index in [1.807, 2.05) is 42.5 Å². The van der Waals surface area contributed by atoms with Gasteiger partial charge in [-0.2, -0.15) is 0 Å². The van der Waals surface area contributed by atoms with Crippen molar-refractivity contribution in [1.29, 1.82) is 0 Å². The van der Waals surface area contributed by atoms with Crippen molar-refractivity contribution in [2.24, 2.45) is 0 Å². The maximum Gasteiger partial charge on any atom is 0.293 e. The summed E-state index contributed by atoms with van der Waals surface area (Å²) in [6.07, 6.45) is 8.49. The van der Waals surface area contributed by atoms with Gasteiger partial charge < -0.3 is 4.74 Å². The summed E-state index contributed by atoms with van der Waals surface area (Å²) in [7, 11) is 0. The number of hydrogen-bond donors (Lipinski definition) is 0. The molecule has 0 radical (unpaired) electrons. The van der Waals surface area contributed by atoms with E-state index in [0.29, 0.717) is 26.1 Å². The molecule has 0 unspecified atom stereocenters. The molecule has 1 heterocycles. The lowest BCUT2D eigenvalue weighted by atomic mass is 10.1. The Morgan fingerprint density at radius 2 is 1.83 bits per heavy atom. The highest BCUT2D eigenvalue weighted by atomic mass is 79.9. The van der Waals surface area contributed by atoms with Crippen LogP contribution in [0.15, 0.2) is 56.3 Å². The Labute approximate surface area is 190 Å². The van der Waals surface area contributed by atoms with Crippen LogP contribution in [0.25, 0.3) is 6.08 Å². The molecule has 148 valence electrons. The zero-order chi connectivity index (χ0) is 20.8. The molecule has 0 saturated carbocycles. The van der Waals surface area contributed by atoms with Crippen LogP contribution in [0.2, 0.25) is 0 Å². The summed E-state index contributed by atoms with van der Waals surface area (Å²) in [5, 5.41) is -0.235. The first kappa shape index (κ1) is 21.7. The smallest absolute Gasteiger partial charge is 0.293 e. The summed E-state index contributed by atoms with van der Waals surface area (Å²) in [5.41, 5.74) is 1.96. The van der Waals surface area contributed by atoms with Gasteiger partial charge in [-0.3, -0.25) is 14.5 Å². The third-order valence-electron chi connectivity index (χ3n) is 4.18. The first-order valence-electron chi connectivity index (χ1n) is 8.84. The van der Waals surface area contributed by atoms with Gasteiger partial charge in [-0.15, -0.1) is 6.42 Å². The number of nitrogens with zero attached hydrogens (tertiary/aromatic N) is 1. The Kier molecular flexibility index (Phi) is 7.59. The van der Waals surface area contributed by atoms with Gasteiger partial charge in [0.25, 0.3) is 11.1 Å². The van der Waals surface area contributed by atoms with E-state index in [-0.39, 0.29) is 17.8 Å². The normalized spacial score (nSPS) is 15.1. The van der Waals surface area contributed by atoms with Gasteiger partial charge in [-0.05, 0) is 85.8 Å². The predicted molar refractivity (Wildman–Crippen MR) is 124 cm³/mol. The van der Waals surface area contributed by atoms with Crippen molar-refractivity contribution in [2.45, 2.75) is 12.8 Å². The topological polar surface area (TPSA) is 46.6 Å². The highest BCUT2D eigenvalue weighted by Gasteiger charge is 2.34. The van der Waals surface area contributed by atoms with Gasteiger partial charge in [0.2, 0.25) is 0 Å². The van der Waals surface area contributed by atoms with Crippen molar-refractivity contribution < 1.29 is 14.3 Å². The van der Waals surface area contributed by atoms with Crippen molar-refractivity contribution >= 4 is 60.8 Å². The number of terminal acetylenes is 1. The van der Waals surface area contributed by atoms with Crippen molar-refractivity contribution in [1.82, 2.24) is 4.90 Å². The molecule has 0 N–H and O–H groups in total. The van der Waals surface area contributed by atoms with Crippen LogP contribution in [-0.4, -0.2) is 29.2 Å². The lowest BCUT2D eigenvalue weighted by molar-refractivity contribution is -0.122. The number of rotatable bonds is 7. The molecule has 29 heavy (non-hydrogen) atoms. The molecule has 1 saturated heterocycles. The second kappa shape index (κ2) is 10.1. The second-order valence-corrected chi connectivity index (χ2v) is 8.93. The SMILES string of the molecule is C#CCOc1c(Br)cc(/C=C2/SC(=O)N(CCCc3ccccc3)C2=O)cc1Br. The zero-order valence-electron chi connectivity index (χ0n) is 15.4. The molecule has 0 atom stereocenters. The van der Waals surface area contributed by atoms with Crippen LogP contribution in [0, 0.1) is 12.3 Å². The number of thioether (sulfide) groups is 1. The Morgan fingerprint density at radius 3 is 2.48 bits per heavy atom. The molecule has 2 amide bonds. The molecule has 0 spiro atoms. The number of hydrogen-bond acceptors (Lipinski definition) is 4. The maximum absolute atomic E-state index is 12.7. The monoisotopic (exact) mass is 533 g/mol. The van der Waals surface area contributed by atoms with E-state index >= 15 is 0 Å². The standard InChI is InChI=1S/C22H17Br2NO3S/c1-2-11-28-20-17(23)12-16(13-18(20)24)14-19-21(26)25(22(27)29-19)10-6-9-15-7-4-3-5-8-15/h1,3-5,7-8,12-14H,6,9-11H2/b19-14+. The number of carbonyl (C=O) groups excluding carboxylic acids is 2. The van der Waals surface area contributed by atoms with Gasteiger partial charge in [-0.25, -0.2) is 0 Å². The summed E-state index contributed by atoms with van der Waals surface area (Å²) in [5.74, 6) is 2.76. The van der Waals surface area contributed by atoms with E-state index in [1.54, 1.807) is 6.08 Å². The molecule has 2 aromatic rings. The molecule has 3 rings (SSSR count). The van der Waals surface area contributed by atoms with Crippen molar-refractivity contribution in [3.8, 4) is 18.1 Å². The van der Waals surface area contributed by atoms with Crippen LogP contribution in [0.3, 0.4) is 0 Å². The van der Waals surface area contributed by atoms with Gasteiger partial charge in [0.1, 0.15) is 12.4 Å². The number of aryl methyl sites for hydroxylation is 1. The van der Waals surface area contributed by atoms with E-state index in [4.69, 9.17) is 11.2 Å². The number of benzene rings is 2. The van der Waals surface area contributed by atoms with Crippen LogP contribution in [0.5, 0.6) is 5.75 Å². The molecule has 0 bridgehead atoms. The number of halogens is 2. The highest BCUT2D eigenvalue weighted by Crippen LogP contribution is 2.37. The number of imide groups is 1. The van der Waals surface area contributed by atoms with E-state index in [0.717, 1.165) is 30.2 Å². The molecule has 2 aromatic carbocycles. The van der Waals surface area contributed by atoms with Crippen molar-refractivity contribution in [2.75, 3.05) is 13.2 Å². The fourth-order valence-electron chi connectivity index (χ4n) is 2.84. The van der Waals surface area contributed by atoms with Gasteiger partial charge in [-0.1, -0.05) is 36.3 Å². The third-order valence-corrected chi connectivity index (χ3v) is 6.27. The Balaban J connectivity index is 1.68. The van der Waals surface area contributed by atoms with Crippen LogP contribution >= 0.6 is 43.6 Å². The van der Waals surface area contributed by atoms with Gasteiger partial charge >= 0.3 is 0 Å². The average molecular weight is 535 g/mol. The fourth-order valence-corrected chi connectivity index (χ4v) is 5.16. The van der Waals surface area contributed by atoms with Gasteiger partial charge in [0.05, 0.1) is 13.9 Å². The summed E-state index contributed by atoms with van der Waals surface area (Å²) in [6, 6.07) is 13.7. The summed E-state index contributed by atoms with van der Waals surface area (Å²) < 4.78 is 6.90. The minimum atomic E-state index is -0.257. The first-order valence-corrected chi connectivity index (χ1v) is 11.2. The first-order chi connectivity index (χ1) is 14.0. The fraction of sp³-hybridized carbons (Fsp3) is 0.182. The predicted octanol–water partition coefficient (Wildman–Crippen LogP) is 5.89. The largest absolute Gasteiger partial charge is 0.479 e. The Bertz CT molecular complexity index is 976. The molecule has 1 aliphatic rings. The van der Waals surface area contributed by atoms with Crippen LogP contribution in [0.4, 0.5) is 4.79 Å². The Hall–Kier alpha value is -2.01. The molecule has 1 aliphatic heterocycles.